The second-order valence-electron chi connectivity index (χ2n) is 8.00. The van der Waals surface area contributed by atoms with Gasteiger partial charge < -0.3 is 10.1 Å². The Morgan fingerprint density at radius 2 is 1.65 bits per heavy atom. The van der Waals surface area contributed by atoms with E-state index in [9.17, 15) is 4.79 Å². The lowest BCUT2D eigenvalue weighted by Crippen LogP contribution is -2.42. The van der Waals surface area contributed by atoms with Crippen molar-refractivity contribution in [1.29, 1.82) is 0 Å². The number of carbonyl (C=O) groups is 1. The lowest BCUT2D eigenvalue weighted by molar-refractivity contribution is -0.128. The van der Waals surface area contributed by atoms with Crippen LogP contribution in [0, 0.1) is 3.57 Å². The maximum Gasteiger partial charge on any atom is 0.267 e. The van der Waals surface area contributed by atoms with Crippen molar-refractivity contribution in [2.45, 2.75) is 59.0 Å². The van der Waals surface area contributed by atoms with E-state index in [1.807, 2.05) is 24.3 Å². The van der Waals surface area contributed by atoms with Gasteiger partial charge in [-0.2, -0.15) is 0 Å². The van der Waals surface area contributed by atoms with Gasteiger partial charge in [0.15, 0.2) is 5.60 Å². The van der Waals surface area contributed by atoms with Gasteiger partial charge in [0.25, 0.3) is 5.91 Å². The summed E-state index contributed by atoms with van der Waals surface area (Å²) < 4.78 is 7.15. The third-order valence-corrected chi connectivity index (χ3v) is 5.01. The zero-order valence-electron chi connectivity index (χ0n) is 16.4. The number of amides is 1. The van der Waals surface area contributed by atoms with Crippen molar-refractivity contribution >= 4 is 34.2 Å². The second-order valence-corrected chi connectivity index (χ2v) is 9.24. The van der Waals surface area contributed by atoms with E-state index in [-0.39, 0.29) is 11.3 Å². The summed E-state index contributed by atoms with van der Waals surface area (Å²) in [7, 11) is 0. The first-order valence-corrected chi connectivity index (χ1v) is 10.0. The molecular formula is C22H28INO2. The average Bonchev–Trinajstić information content (AvgIpc) is 2.55. The van der Waals surface area contributed by atoms with Crippen LogP contribution in [0.15, 0.2) is 42.5 Å². The molecule has 0 unspecified atom stereocenters. The number of aryl methyl sites for hydroxylation is 1. The molecule has 0 atom stereocenters. The van der Waals surface area contributed by atoms with Crippen LogP contribution in [-0.4, -0.2) is 11.5 Å². The van der Waals surface area contributed by atoms with E-state index < -0.39 is 5.60 Å². The van der Waals surface area contributed by atoms with Crippen LogP contribution in [0.4, 0.5) is 5.69 Å². The Morgan fingerprint density at radius 1 is 1.04 bits per heavy atom. The lowest BCUT2D eigenvalue weighted by Gasteiger charge is -2.26. The van der Waals surface area contributed by atoms with Gasteiger partial charge in [-0.25, -0.2) is 0 Å². The van der Waals surface area contributed by atoms with E-state index >= 15 is 0 Å². The average molecular weight is 465 g/mol. The van der Waals surface area contributed by atoms with Gasteiger partial charge >= 0.3 is 0 Å². The van der Waals surface area contributed by atoms with Crippen LogP contribution < -0.4 is 10.1 Å². The van der Waals surface area contributed by atoms with E-state index in [1.165, 1.54) is 5.56 Å². The molecule has 1 N–H and O–H groups in total. The number of carbonyl (C=O) groups excluding carboxylic acids is 1. The van der Waals surface area contributed by atoms with Gasteiger partial charge in [-0.1, -0.05) is 39.8 Å². The predicted octanol–water partition coefficient (Wildman–Crippen LogP) is 5.95. The first-order valence-electron chi connectivity index (χ1n) is 8.92. The summed E-state index contributed by atoms with van der Waals surface area (Å²) >= 11 is 2.28. The molecule has 1 amide bonds. The van der Waals surface area contributed by atoms with Crippen LogP contribution >= 0.6 is 22.6 Å². The van der Waals surface area contributed by atoms with Gasteiger partial charge in [0, 0.05) is 9.26 Å². The molecule has 0 spiro atoms. The first kappa shape index (κ1) is 20.7. The molecule has 2 aromatic rings. The molecule has 0 radical (unpaired) electrons. The molecule has 0 aliphatic rings. The summed E-state index contributed by atoms with van der Waals surface area (Å²) in [5.41, 5.74) is 2.32. The topological polar surface area (TPSA) is 38.3 Å². The molecule has 3 nitrogen and oxygen atoms in total. The van der Waals surface area contributed by atoms with E-state index in [4.69, 9.17) is 4.74 Å². The van der Waals surface area contributed by atoms with Crippen molar-refractivity contribution in [2.24, 2.45) is 0 Å². The van der Waals surface area contributed by atoms with Crippen molar-refractivity contribution in [3.8, 4) is 5.75 Å². The molecule has 4 heteroatoms. The van der Waals surface area contributed by atoms with Gasteiger partial charge in [-0.3, -0.25) is 4.79 Å². The van der Waals surface area contributed by atoms with Crippen LogP contribution in [-0.2, 0) is 16.6 Å². The quantitative estimate of drug-likeness (QED) is 0.555. The Bertz CT molecular complexity index is 774. The number of rotatable bonds is 5. The molecule has 0 fully saturated rings. The third-order valence-electron chi connectivity index (χ3n) is 4.34. The summed E-state index contributed by atoms with van der Waals surface area (Å²) in [6, 6.07) is 14.0. The summed E-state index contributed by atoms with van der Waals surface area (Å²) in [5, 5.41) is 3.02. The number of ether oxygens (including phenoxy) is 1. The van der Waals surface area contributed by atoms with Crippen molar-refractivity contribution in [1.82, 2.24) is 0 Å². The highest BCUT2D eigenvalue weighted by Gasteiger charge is 2.30. The van der Waals surface area contributed by atoms with Gasteiger partial charge in [0.05, 0.1) is 0 Å². The van der Waals surface area contributed by atoms with Gasteiger partial charge in [-0.15, -0.1) is 0 Å². The standard InChI is InChI=1S/C22H28INO2/c1-7-15-14-17(23)10-13-19(15)24-20(25)22(5,6)26-18-11-8-16(9-12-18)21(2,3)4/h8-14H,7H2,1-6H3,(H,24,25). The van der Waals surface area contributed by atoms with E-state index in [2.05, 4.69) is 73.8 Å². The maximum absolute atomic E-state index is 12.8. The highest BCUT2D eigenvalue weighted by atomic mass is 127. The number of anilines is 1. The van der Waals surface area contributed by atoms with Crippen molar-refractivity contribution in [3.05, 3.63) is 57.2 Å². The third kappa shape index (κ3) is 5.22. The number of benzene rings is 2. The largest absolute Gasteiger partial charge is 0.478 e. The van der Waals surface area contributed by atoms with E-state index in [1.54, 1.807) is 13.8 Å². The highest BCUT2D eigenvalue weighted by Crippen LogP contribution is 2.27. The Labute approximate surface area is 170 Å². The fourth-order valence-corrected chi connectivity index (χ4v) is 3.17. The SMILES string of the molecule is CCc1cc(I)ccc1NC(=O)C(C)(C)Oc1ccc(C(C)(C)C)cc1. The second kappa shape index (κ2) is 7.99. The normalized spacial score (nSPS) is 12.0. The Morgan fingerprint density at radius 3 is 2.19 bits per heavy atom. The van der Waals surface area contributed by atoms with E-state index in [0.29, 0.717) is 5.75 Å². The zero-order valence-corrected chi connectivity index (χ0v) is 18.6. The van der Waals surface area contributed by atoms with Gasteiger partial charge in [0.2, 0.25) is 0 Å². The number of hydrogen-bond acceptors (Lipinski definition) is 2. The smallest absolute Gasteiger partial charge is 0.267 e. The van der Waals surface area contributed by atoms with E-state index in [0.717, 1.165) is 21.2 Å². The molecular weight excluding hydrogens is 437 g/mol. The van der Waals surface area contributed by atoms with Crippen LogP contribution in [0.25, 0.3) is 0 Å². The van der Waals surface area contributed by atoms with Crippen molar-refractivity contribution in [2.75, 3.05) is 5.32 Å². The summed E-state index contributed by atoms with van der Waals surface area (Å²) in [6.07, 6.45) is 0.863. The zero-order chi connectivity index (χ0) is 19.5. The molecule has 0 heterocycles. The number of hydrogen-bond donors (Lipinski definition) is 1. The Balaban J connectivity index is 2.13. The fraction of sp³-hybridized carbons (Fsp3) is 0.409. The highest BCUT2D eigenvalue weighted by molar-refractivity contribution is 14.1. The molecule has 0 saturated heterocycles. The van der Waals surface area contributed by atoms with Gasteiger partial charge in [0.1, 0.15) is 5.75 Å². The molecule has 0 aromatic heterocycles. The lowest BCUT2D eigenvalue weighted by atomic mass is 9.87. The van der Waals surface area contributed by atoms with Crippen LogP contribution in [0.1, 0.15) is 52.7 Å². The molecule has 26 heavy (non-hydrogen) atoms. The van der Waals surface area contributed by atoms with Crippen LogP contribution in [0.3, 0.4) is 0 Å². The molecule has 2 rings (SSSR count). The Kier molecular flexibility index (Phi) is 6.37. The van der Waals surface area contributed by atoms with Gasteiger partial charge in [-0.05, 0) is 89.7 Å². The summed E-state index contributed by atoms with van der Waals surface area (Å²) in [4.78, 5) is 12.8. The molecule has 2 aromatic carbocycles. The number of halogens is 1. The predicted molar refractivity (Wildman–Crippen MR) is 117 cm³/mol. The minimum Gasteiger partial charge on any atom is -0.478 e. The molecule has 0 aliphatic heterocycles. The molecule has 0 saturated carbocycles. The summed E-state index contributed by atoms with van der Waals surface area (Å²) in [5.74, 6) is 0.532. The fourth-order valence-electron chi connectivity index (χ4n) is 2.61. The van der Waals surface area contributed by atoms with Crippen LogP contribution in [0.5, 0.6) is 5.75 Å². The molecule has 0 aliphatic carbocycles. The minimum atomic E-state index is -0.975. The monoisotopic (exact) mass is 465 g/mol. The van der Waals surface area contributed by atoms with Crippen molar-refractivity contribution in [3.63, 3.8) is 0 Å². The minimum absolute atomic E-state index is 0.0901. The first-order chi connectivity index (χ1) is 12.0. The number of nitrogens with one attached hydrogen (secondary N) is 1. The van der Waals surface area contributed by atoms with Crippen LogP contribution in [0.2, 0.25) is 0 Å². The summed E-state index contributed by atoms with van der Waals surface area (Å²) in [6.45, 7) is 12.2. The molecule has 0 bridgehead atoms. The Hall–Kier alpha value is -1.56. The maximum atomic E-state index is 12.8. The molecule has 140 valence electrons. The van der Waals surface area contributed by atoms with Crippen molar-refractivity contribution < 1.29 is 9.53 Å².